The van der Waals surface area contributed by atoms with Gasteiger partial charge in [-0.2, -0.15) is 0 Å². The van der Waals surface area contributed by atoms with E-state index < -0.39 is 0 Å². The molecule has 0 saturated carbocycles. The lowest BCUT2D eigenvalue weighted by Gasteiger charge is -2.23. The molecule has 2 heterocycles. The smallest absolute Gasteiger partial charge is 0.268 e. The second kappa shape index (κ2) is 4.93. The zero-order chi connectivity index (χ0) is 10.7. The fraction of sp³-hybridized carbons (Fsp3) is 0.556. The average molecular weight is 321 g/mol. The summed E-state index contributed by atoms with van der Waals surface area (Å²) >= 11 is 1.95. The Morgan fingerprint density at radius 1 is 1.47 bits per heavy atom. The van der Waals surface area contributed by atoms with Crippen molar-refractivity contribution in [3.05, 3.63) is 20.3 Å². The van der Waals surface area contributed by atoms with E-state index in [0.717, 1.165) is 25.9 Å². The maximum Gasteiger partial charge on any atom is 0.268 e. The molecule has 1 fully saturated rings. The molecular formula is C9H12IN3O2. The number of aromatic nitrogens is 2. The number of hydrogen-bond acceptors (Lipinski definition) is 4. The van der Waals surface area contributed by atoms with Gasteiger partial charge in [0.1, 0.15) is 9.67 Å². The molecule has 0 aromatic carbocycles. The molecule has 1 aromatic heterocycles. The quantitative estimate of drug-likeness (QED) is 0.779. The Morgan fingerprint density at radius 3 is 2.93 bits per heavy atom. The molecule has 2 rings (SSSR count). The van der Waals surface area contributed by atoms with E-state index in [1.54, 1.807) is 0 Å². The van der Waals surface area contributed by atoms with Crippen LogP contribution in [0.1, 0.15) is 12.8 Å². The maximum atomic E-state index is 11.3. The van der Waals surface area contributed by atoms with Gasteiger partial charge in [0.2, 0.25) is 5.88 Å². The average Bonchev–Trinajstić information content (AvgIpc) is 2.26. The van der Waals surface area contributed by atoms with Gasteiger partial charge >= 0.3 is 0 Å². The molecule has 1 saturated heterocycles. The third-order valence-electron chi connectivity index (χ3n) is 2.33. The zero-order valence-corrected chi connectivity index (χ0v) is 10.3. The molecule has 1 aliphatic heterocycles. The van der Waals surface area contributed by atoms with Crippen LogP contribution in [0.25, 0.3) is 0 Å². The largest absolute Gasteiger partial charge is 0.473 e. The van der Waals surface area contributed by atoms with Crippen LogP contribution in [-0.4, -0.2) is 29.2 Å². The van der Waals surface area contributed by atoms with Crippen molar-refractivity contribution in [1.82, 2.24) is 15.3 Å². The number of hydrogen-bond donors (Lipinski definition) is 2. The number of aromatic amines is 1. The van der Waals surface area contributed by atoms with Crippen molar-refractivity contribution >= 4 is 22.6 Å². The normalized spacial score (nSPS) is 17.7. The minimum Gasteiger partial charge on any atom is -0.473 e. The van der Waals surface area contributed by atoms with E-state index in [0.29, 0.717) is 9.45 Å². The van der Waals surface area contributed by atoms with E-state index >= 15 is 0 Å². The van der Waals surface area contributed by atoms with E-state index in [1.165, 1.54) is 6.33 Å². The summed E-state index contributed by atoms with van der Waals surface area (Å²) in [5.41, 5.74) is -0.144. The van der Waals surface area contributed by atoms with Crippen LogP contribution >= 0.6 is 22.6 Å². The topological polar surface area (TPSA) is 67.0 Å². The standard InChI is InChI=1S/C9H12IN3O2/c10-7-8(14)12-5-13-9(7)15-6-1-3-11-4-2-6/h5-6,11H,1-4H2,(H,12,13,14). The van der Waals surface area contributed by atoms with Gasteiger partial charge in [0, 0.05) is 0 Å². The Morgan fingerprint density at radius 2 is 2.20 bits per heavy atom. The van der Waals surface area contributed by atoms with Crippen molar-refractivity contribution in [2.45, 2.75) is 18.9 Å². The molecule has 0 spiro atoms. The van der Waals surface area contributed by atoms with Crippen LogP contribution in [0, 0.1) is 3.57 Å². The van der Waals surface area contributed by atoms with Gasteiger partial charge < -0.3 is 15.0 Å². The second-order valence-electron chi connectivity index (χ2n) is 3.42. The lowest BCUT2D eigenvalue weighted by atomic mass is 10.1. The summed E-state index contributed by atoms with van der Waals surface area (Å²) in [5, 5.41) is 3.26. The zero-order valence-electron chi connectivity index (χ0n) is 8.12. The summed E-state index contributed by atoms with van der Waals surface area (Å²) in [7, 11) is 0. The predicted molar refractivity (Wildman–Crippen MR) is 64.1 cm³/mol. The van der Waals surface area contributed by atoms with Crippen molar-refractivity contribution in [1.29, 1.82) is 0 Å². The van der Waals surface area contributed by atoms with Crippen LogP contribution in [0.5, 0.6) is 5.88 Å². The predicted octanol–water partition coefficient (Wildman–Crippen LogP) is 0.505. The van der Waals surface area contributed by atoms with Gasteiger partial charge in [-0.25, -0.2) is 4.98 Å². The molecule has 0 radical (unpaired) electrons. The molecule has 1 aliphatic rings. The minimum atomic E-state index is -0.144. The Bertz CT molecular complexity index is 387. The summed E-state index contributed by atoms with van der Waals surface area (Å²) in [4.78, 5) is 17.8. The second-order valence-corrected chi connectivity index (χ2v) is 4.50. The first-order valence-corrected chi connectivity index (χ1v) is 5.96. The number of nitrogens with zero attached hydrogens (tertiary/aromatic N) is 1. The van der Waals surface area contributed by atoms with Crippen molar-refractivity contribution < 1.29 is 4.74 Å². The number of nitrogens with one attached hydrogen (secondary N) is 2. The van der Waals surface area contributed by atoms with Gasteiger partial charge in [0.15, 0.2) is 0 Å². The number of rotatable bonds is 2. The van der Waals surface area contributed by atoms with E-state index in [1.807, 2.05) is 22.6 Å². The van der Waals surface area contributed by atoms with Gasteiger partial charge in [-0.15, -0.1) is 0 Å². The maximum absolute atomic E-state index is 11.3. The Labute approximate surface area is 101 Å². The van der Waals surface area contributed by atoms with Crippen LogP contribution in [0.3, 0.4) is 0 Å². The highest BCUT2D eigenvalue weighted by molar-refractivity contribution is 14.1. The van der Waals surface area contributed by atoms with Gasteiger partial charge in [-0.3, -0.25) is 4.79 Å². The fourth-order valence-corrected chi connectivity index (χ4v) is 1.94. The van der Waals surface area contributed by atoms with Crippen LogP contribution in [0.15, 0.2) is 11.1 Å². The number of halogens is 1. The van der Waals surface area contributed by atoms with Crippen molar-refractivity contribution in [2.75, 3.05) is 13.1 Å². The summed E-state index contributed by atoms with van der Waals surface area (Å²) in [6, 6.07) is 0. The van der Waals surface area contributed by atoms with Gasteiger partial charge in [-0.1, -0.05) is 0 Å². The number of piperidine rings is 1. The van der Waals surface area contributed by atoms with Crippen LogP contribution in [0.2, 0.25) is 0 Å². The first kappa shape index (κ1) is 10.9. The highest BCUT2D eigenvalue weighted by Gasteiger charge is 2.17. The molecule has 15 heavy (non-hydrogen) atoms. The Balaban J connectivity index is 2.09. The summed E-state index contributed by atoms with van der Waals surface area (Å²) in [5.74, 6) is 0.450. The summed E-state index contributed by atoms with van der Waals surface area (Å²) < 4.78 is 6.21. The molecule has 6 heteroatoms. The van der Waals surface area contributed by atoms with E-state index in [9.17, 15) is 4.79 Å². The molecule has 82 valence electrons. The van der Waals surface area contributed by atoms with E-state index in [4.69, 9.17) is 4.74 Å². The monoisotopic (exact) mass is 321 g/mol. The van der Waals surface area contributed by atoms with Gasteiger partial charge in [0.05, 0.1) is 6.33 Å². The van der Waals surface area contributed by atoms with Crippen LogP contribution in [-0.2, 0) is 0 Å². The Kier molecular flexibility index (Phi) is 3.57. The van der Waals surface area contributed by atoms with Gasteiger partial charge in [0.25, 0.3) is 5.56 Å². The lowest BCUT2D eigenvalue weighted by molar-refractivity contribution is 0.154. The minimum absolute atomic E-state index is 0.144. The third kappa shape index (κ3) is 2.69. The number of H-pyrrole nitrogens is 1. The summed E-state index contributed by atoms with van der Waals surface area (Å²) in [6.45, 7) is 1.93. The Hall–Kier alpha value is -0.630. The summed E-state index contributed by atoms with van der Waals surface area (Å²) in [6.07, 6.45) is 3.48. The molecule has 0 unspecified atom stereocenters. The van der Waals surface area contributed by atoms with Crippen molar-refractivity contribution in [3.8, 4) is 5.88 Å². The van der Waals surface area contributed by atoms with E-state index in [-0.39, 0.29) is 11.7 Å². The SMILES string of the molecule is O=c1[nH]cnc(OC2CCNCC2)c1I. The fourth-order valence-electron chi connectivity index (χ4n) is 1.52. The van der Waals surface area contributed by atoms with Crippen LogP contribution < -0.4 is 15.6 Å². The third-order valence-corrected chi connectivity index (χ3v) is 3.28. The number of ether oxygens (including phenoxy) is 1. The molecule has 0 amide bonds. The van der Waals surface area contributed by atoms with Crippen LogP contribution in [0.4, 0.5) is 0 Å². The molecule has 2 N–H and O–H groups in total. The first-order valence-electron chi connectivity index (χ1n) is 4.88. The van der Waals surface area contributed by atoms with E-state index in [2.05, 4.69) is 15.3 Å². The molecule has 0 atom stereocenters. The molecular weight excluding hydrogens is 309 g/mol. The molecule has 5 nitrogen and oxygen atoms in total. The molecule has 0 aliphatic carbocycles. The lowest BCUT2D eigenvalue weighted by Crippen LogP contribution is -2.34. The molecule has 1 aromatic rings. The first-order chi connectivity index (χ1) is 7.27. The van der Waals surface area contributed by atoms with Gasteiger partial charge in [-0.05, 0) is 48.5 Å². The van der Waals surface area contributed by atoms with Crippen molar-refractivity contribution in [2.24, 2.45) is 0 Å². The molecule has 0 bridgehead atoms. The van der Waals surface area contributed by atoms with Crippen molar-refractivity contribution in [3.63, 3.8) is 0 Å². The highest BCUT2D eigenvalue weighted by Crippen LogP contribution is 2.17. The highest BCUT2D eigenvalue weighted by atomic mass is 127.